The Morgan fingerprint density at radius 2 is 1.59 bits per heavy atom. The average Bonchev–Trinajstić information content (AvgIpc) is 2.72. The van der Waals surface area contributed by atoms with Gasteiger partial charge in [0, 0.05) is 36.6 Å². The van der Waals surface area contributed by atoms with Crippen LogP contribution in [0.25, 0.3) is 0 Å². The predicted molar refractivity (Wildman–Crippen MR) is 115 cm³/mol. The summed E-state index contributed by atoms with van der Waals surface area (Å²) in [4.78, 5) is 23.5. The highest BCUT2D eigenvalue weighted by molar-refractivity contribution is 5.94. The van der Waals surface area contributed by atoms with Crippen LogP contribution in [0.3, 0.4) is 0 Å². The summed E-state index contributed by atoms with van der Waals surface area (Å²) in [5.41, 5.74) is 1.50. The lowest BCUT2D eigenvalue weighted by Crippen LogP contribution is -2.28. The molecule has 1 rings (SSSR count). The second-order valence-electron chi connectivity index (χ2n) is 6.94. The fourth-order valence-corrected chi connectivity index (χ4v) is 2.28. The maximum atomic E-state index is 12.1. The average molecular weight is 403 g/mol. The molecule has 0 saturated heterocycles. The standard InChI is InChI=1S/C23H34N2O4/c1-4-5-6-22(26)24-13-15-28-17-18-29-16-14-25-23(27)21-11-9-20(10-12-21)8-7-19(2)3/h9-12,19H,4-6,13-18H2,1-3H3,(H,24,26)(H,25,27). The van der Waals surface area contributed by atoms with Crippen molar-refractivity contribution in [2.75, 3.05) is 39.5 Å². The highest BCUT2D eigenvalue weighted by Gasteiger charge is 2.04. The Kier molecular flexibility index (Phi) is 13.2. The molecule has 0 spiro atoms. The van der Waals surface area contributed by atoms with Gasteiger partial charge in [0.15, 0.2) is 0 Å². The van der Waals surface area contributed by atoms with Crippen LogP contribution in [0.15, 0.2) is 24.3 Å². The second-order valence-corrected chi connectivity index (χ2v) is 6.94. The first kappa shape index (κ1) is 24.7. The third-order valence-electron chi connectivity index (χ3n) is 3.88. The minimum atomic E-state index is -0.132. The molecule has 1 aromatic rings. The molecule has 0 aliphatic rings. The van der Waals surface area contributed by atoms with Crippen LogP contribution in [-0.2, 0) is 14.3 Å². The number of nitrogens with one attached hydrogen (secondary N) is 2. The van der Waals surface area contributed by atoms with Crippen molar-refractivity contribution in [1.82, 2.24) is 10.6 Å². The molecule has 0 radical (unpaired) electrons. The Balaban J connectivity index is 2.04. The van der Waals surface area contributed by atoms with E-state index in [-0.39, 0.29) is 11.8 Å². The minimum Gasteiger partial charge on any atom is -0.377 e. The van der Waals surface area contributed by atoms with E-state index in [2.05, 4.69) is 29.4 Å². The molecular formula is C23H34N2O4. The van der Waals surface area contributed by atoms with Crippen molar-refractivity contribution in [3.63, 3.8) is 0 Å². The topological polar surface area (TPSA) is 76.7 Å². The molecule has 2 N–H and O–H groups in total. The van der Waals surface area contributed by atoms with E-state index < -0.39 is 0 Å². The Morgan fingerprint density at radius 3 is 2.17 bits per heavy atom. The van der Waals surface area contributed by atoms with Gasteiger partial charge in [-0.3, -0.25) is 9.59 Å². The fraction of sp³-hybridized carbons (Fsp3) is 0.565. The summed E-state index contributed by atoms with van der Waals surface area (Å²) in [5.74, 6) is 6.43. The quantitative estimate of drug-likeness (QED) is 0.393. The van der Waals surface area contributed by atoms with Crippen molar-refractivity contribution in [3.05, 3.63) is 35.4 Å². The van der Waals surface area contributed by atoms with Crippen LogP contribution in [-0.4, -0.2) is 51.3 Å². The van der Waals surface area contributed by atoms with Gasteiger partial charge >= 0.3 is 0 Å². The van der Waals surface area contributed by atoms with Gasteiger partial charge in [-0.05, 0) is 30.7 Å². The van der Waals surface area contributed by atoms with Gasteiger partial charge in [-0.15, -0.1) is 0 Å². The van der Waals surface area contributed by atoms with Crippen molar-refractivity contribution in [2.24, 2.45) is 5.92 Å². The van der Waals surface area contributed by atoms with Gasteiger partial charge < -0.3 is 20.1 Å². The second kappa shape index (κ2) is 15.5. The van der Waals surface area contributed by atoms with Crippen LogP contribution < -0.4 is 10.6 Å². The van der Waals surface area contributed by atoms with Crippen molar-refractivity contribution in [3.8, 4) is 11.8 Å². The molecule has 0 atom stereocenters. The van der Waals surface area contributed by atoms with Crippen LogP contribution in [0.2, 0.25) is 0 Å². The van der Waals surface area contributed by atoms with Gasteiger partial charge in [-0.1, -0.05) is 39.0 Å². The van der Waals surface area contributed by atoms with Crippen LogP contribution in [0.5, 0.6) is 0 Å². The van der Waals surface area contributed by atoms with Gasteiger partial charge in [0.05, 0.1) is 26.4 Å². The number of carbonyl (C=O) groups excluding carboxylic acids is 2. The Morgan fingerprint density at radius 1 is 0.966 bits per heavy atom. The lowest BCUT2D eigenvalue weighted by Gasteiger charge is -2.08. The molecule has 6 nitrogen and oxygen atoms in total. The molecular weight excluding hydrogens is 368 g/mol. The van der Waals surface area contributed by atoms with Crippen LogP contribution >= 0.6 is 0 Å². The lowest BCUT2D eigenvalue weighted by molar-refractivity contribution is -0.121. The number of hydrogen-bond donors (Lipinski definition) is 2. The monoisotopic (exact) mass is 402 g/mol. The zero-order valence-electron chi connectivity index (χ0n) is 17.9. The highest BCUT2D eigenvalue weighted by Crippen LogP contribution is 2.03. The van der Waals surface area contributed by atoms with E-state index in [1.807, 2.05) is 26.0 Å². The molecule has 2 amide bonds. The summed E-state index contributed by atoms with van der Waals surface area (Å²) in [7, 11) is 0. The first-order valence-corrected chi connectivity index (χ1v) is 10.3. The number of carbonyl (C=O) groups is 2. The summed E-state index contributed by atoms with van der Waals surface area (Å²) < 4.78 is 10.8. The Bertz CT molecular complexity index is 660. The molecule has 0 aliphatic carbocycles. The number of hydrogen-bond acceptors (Lipinski definition) is 4. The zero-order valence-corrected chi connectivity index (χ0v) is 17.9. The van der Waals surface area contributed by atoms with E-state index in [9.17, 15) is 9.59 Å². The summed E-state index contributed by atoms with van der Waals surface area (Å²) >= 11 is 0. The third kappa shape index (κ3) is 12.7. The Labute approximate surface area is 174 Å². The molecule has 0 fully saturated rings. The van der Waals surface area contributed by atoms with Crippen LogP contribution in [0, 0.1) is 17.8 Å². The Hall–Kier alpha value is -2.36. The number of unbranched alkanes of at least 4 members (excludes halogenated alkanes) is 1. The first-order valence-electron chi connectivity index (χ1n) is 10.3. The van der Waals surface area contributed by atoms with Crippen molar-refractivity contribution < 1.29 is 19.1 Å². The highest BCUT2D eigenvalue weighted by atomic mass is 16.5. The van der Waals surface area contributed by atoms with E-state index in [1.165, 1.54) is 0 Å². The lowest BCUT2D eigenvalue weighted by atomic mass is 10.1. The van der Waals surface area contributed by atoms with E-state index in [4.69, 9.17) is 9.47 Å². The maximum Gasteiger partial charge on any atom is 0.251 e. The SMILES string of the molecule is CCCCC(=O)NCCOCCOCCNC(=O)c1ccc(C#CC(C)C)cc1. The molecule has 0 aromatic heterocycles. The van der Waals surface area contributed by atoms with Gasteiger partial charge in [0.2, 0.25) is 5.91 Å². The van der Waals surface area contributed by atoms with E-state index >= 15 is 0 Å². The maximum absolute atomic E-state index is 12.1. The van der Waals surface area contributed by atoms with E-state index in [0.717, 1.165) is 18.4 Å². The van der Waals surface area contributed by atoms with E-state index in [1.54, 1.807) is 12.1 Å². The largest absolute Gasteiger partial charge is 0.377 e. The fourth-order valence-electron chi connectivity index (χ4n) is 2.28. The normalized spacial score (nSPS) is 10.3. The number of rotatable bonds is 13. The summed E-state index contributed by atoms with van der Waals surface area (Å²) in [6, 6.07) is 7.25. The summed E-state index contributed by atoms with van der Waals surface area (Å²) in [5, 5.41) is 5.63. The van der Waals surface area contributed by atoms with E-state index in [0.29, 0.717) is 57.4 Å². The molecule has 0 bridgehead atoms. The molecule has 0 saturated carbocycles. The van der Waals surface area contributed by atoms with Crippen LogP contribution in [0.1, 0.15) is 56.0 Å². The molecule has 160 valence electrons. The molecule has 0 heterocycles. The first-order chi connectivity index (χ1) is 14.0. The number of amides is 2. The number of benzene rings is 1. The molecule has 6 heteroatoms. The minimum absolute atomic E-state index is 0.0700. The van der Waals surface area contributed by atoms with Crippen LogP contribution in [0.4, 0.5) is 0 Å². The molecule has 0 aliphatic heterocycles. The van der Waals surface area contributed by atoms with Gasteiger partial charge in [-0.25, -0.2) is 0 Å². The molecule has 0 unspecified atom stereocenters. The molecule has 29 heavy (non-hydrogen) atoms. The van der Waals surface area contributed by atoms with Crippen molar-refractivity contribution in [1.29, 1.82) is 0 Å². The number of ether oxygens (including phenoxy) is 2. The van der Waals surface area contributed by atoms with Crippen molar-refractivity contribution in [2.45, 2.75) is 40.0 Å². The third-order valence-corrected chi connectivity index (χ3v) is 3.88. The molecule has 1 aromatic carbocycles. The van der Waals surface area contributed by atoms with Gasteiger partial charge in [0.1, 0.15) is 0 Å². The summed E-state index contributed by atoms with van der Waals surface area (Å²) in [6.07, 6.45) is 2.50. The zero-order chi connectivity index (χ0) is 21.3. The van der Waals surface area contributed by atoms with Crippen molar-refractivity contribution >= 4 is 11.8 Å². The van der Waals surface area contributed by atoms with Gasteiger partial charge in [-0.2, -0.15) is 0 Å². The smallest absolute Gasteiger partial charge is 0.251 e. The summed E-state index contributed by atoms with van der Waals surface area (Å²) in [6.45, 7) is 8.87. The predicted octanol–water partition coefficient (Wildman–Crippen LogP) is 2.76. The van der Waals surface area contributed by atoms with Gasteiger partial charge in [0.25, 0.3) is 5.91 Å².